The van der Waals surface area contributed by atoms with Crippen LogP contribution < -0.4 is 10.2 Å². The van der Waals surface area contributed by atoms with Crippen LogP contribution in [0.25, 0.3) is 0 Å². The van der Waals surface area contributed by atoms with Gasteiger partial charge in [0, 0.05) is 38.3 Å². The largest absolute Gasteiger partial charge is 0.472 e. The first-order chi connectivity index (χ1) is 20.2. The van der Waals surface area contributed by atoms with Crippen molar-refractivity contribution in [1.29, 1.82) is 0 Å². The number of azo groups is 1. The standard InChI is InChI=1S/C29H44N5O8P/c1-33(2)26-16-14-25(15-17-26)32-31-24-12-10-23(11-13-24)29(37)30-18-8-6-7-9-28(36)40-21-27(35)22-42-43(38,39)41-20-19-34(3,4)5/h10-17,27,35H,6-9,18-22H2,1-5H3,(H-,30,37,38,39)/p+1/t27-/m1/s1. The molecule has 0 aliphatic carbocycles. The summed E-state index contributed by atoms with van der Waals surface area (Å²) in [6, 6.07) is 14.5. The number of esters is 1. The summed E-state index contributed by atoms with van der Waals surface area (Å²) in [5, 5.41) is 21.2. The molecule has 2 aromatic carbocycles. The second-order valence-corrected chi connectivity index (χ2v) is 12.6. The SMILES string of the molecule is CN(C)c1ccc(N=Nc2ccc(C(=O)NCCCCCC(=O)OC[C@@H](O)COP(=O)(O)OCC[N+](C)(C)C)cc2)cc1. The van der Waals surface area contributed by atoms with Crippen LogP contribution in [0.15, 0.2) is 58.8 Å². The molecule has 2 atom stereocenters. The second kappa shape index (κ2) is 17.8. The molecule has 0 saturated carbocycles. The number of rotatable bonds is 19. The van der Waals surface area contributed by atoms with Gasteiger partial charge in [0.1, 0.15) is 25.9 Å². The van der Waals surface area contributed by atoms with E-state index < -0.39 is 26.5 Å². The van der Waals surface area contributed by atoms with Crippen LogP contribution in [0, 0.1) is 0 Å². The zero-order chi connectivity index (χ0) is 31.9. The van der Waals surface area contributed by atoms with E-state index in [1.165, 1.54) is 0 Å². The predicted octanol–water partition coefficient (Wildman–Crippen LogP) is 4.20. The Bertz CT molecular complexity index is 1220. The summed E-state index contributed by atoms with van der Waals surface area (Å²) in [4.78, 5) is 36.0. The molecule has 14 heteroatoms. The van der Waals surface area contributed by atoms with Crippen molar-refractivity contribution in [3.63, 3.8) is 0 Å². The number of hydrogen-bond donors (Lipinski definition) is 3. The van der Waals surface area contributed by atoms with Crippen molar-refractivity contribution in [3.8, 4) is 0 Å². The molecule has 0 aliphatic rings. The van der Waals surface area contributed by atoms with Crippen LogP contribution in [0.1, 0.15) is 36.0 Å². The van der Waals surface area contributed by atoms with Crippen molar-refractivity contribution in [2.24, 2.45) is 10.2 Å². The van der Waals surface area contributed by atoms with Gasteiger partial charge < -0.3 is 29.4 Å². The normalized spacial score (nSPS) is 13.8. The van der Waals surface area contributed by atoms with Gasteiger partial charge in [0.15, 0.2) is 0 Å². The topological polar surface area (TPSA) is 159 Å². The van der Waals surface area contributed by atoms with Crippen LogP contribution >= 0.6 is 7.82 Å². The smallest absolute Gasteiger partial charge is 0.463 e. The maximum Gasteiger partial charge on any atom is 0.472 e. The van der Waals surface area contributed by atoms with Gasteiger partial charge in [-0.25, -0.2) is 4.57 Å². The van der Waals surface area contributed by atoms with Crippen molar-refractivity contribution in [1.82, 2.24) is 5.32 Å². The van der Waals surface area contributed by atoms with Gasteiger partial charge in [-0.15, -0.1) is 0 Å². The van der Waals surface area contributed by atoms with Crippen molar-refractivity contribution >= 4 is 36.8 Å². The van der Waals surface area contributed by atoms with Gasteiger partial charge in [-0.1, -0.05) is 6.42 Å². The quantitative estimate of drug-likeness (QED) is 0.0686. The van der Waals surface area contributed by atoms with Crippen molar-refractivity contribution in [3.05, 3.63) is 54.1 Å². The van der Waals surface area contributed by atoms with Crippen LogP contribution in [-0.4, -0.2) is 101 Å². The van der Waals surface area contributed by atoms with Crippen LogP contribution in [0.2, 0.25) is 0 Å². The summed E-state index contributed by atoms with van der Waals surface area (Å²) in [5.74, 6) is -0.707. The average Bonchev–Trinajstić information content (AvgIpc) is 2.95. The van der Waals surface area contributed by atoms with Gasteiger partial charge in [0.25, 0.3) is 5.91 Å². The minimum atomic E-state index is -4.30. The number of amides is 1. The minimum Gasteiger partial charge on any atom is -0.463 e. The van der Waals surface area contributed by atoms with E-state index >= 15 is 0 Å². The summed E-state index contributed by atoms with van der Waals surface area (Å²) < 4.78 is 27.0. The molecular weight excluding hydrogens is 577 g/mol. The Balaban J connectivity index is 1.56. The van der Waals surface area contributed by atoms with Gasteiger partial charge in [0.05, 0.1) is 39.1 Å². The highest BCUT2D eigenvalue weighted by Crippen LogP contribution is 2.43. The number of carbonyl (C=O) groups excluding carboxylic acids is 2. The number of carbonyl (C=O) groups is 2. The number of nitrogens with one attached hydrogen (secondary N) is 1. The molecule has 0 aliphatic heterocycles. The Labute approximate surface area is 253 Å². The molecule has 2 aromatic rings. The Morgan fingerprint density at radius 2 is 1.53 bits per heavy atom. The molecule has 238 valence electrons. The summed E-state index contributed by atoms with van der Waals surface area (Å²) in [6.07, 6.45) is 0.788. The molecule has 43 heavy (non-hydrogen) atoms. The third-order valence-corrected chi connectivity index (χ3v) is 6.99. The number of aliphatic hydroxyl groups is 1. The van der Waals surface area contributed by atoms with Gasteiger partial charge in [-0.3, -0.25) is 18.6 Å². The summed E-state index contributed by atoms with van der Waals surface area (Å²) >= 11 is 0. The van der Waals surface area contributed by atoms with E-state index in [4.69, 9.17) is 13.8 Å². The zero-order valence-corrected chi connectivity index (χ0v) is 26.5. The van der Waals surface area contributed by atoms with Crippen LogP contribution in [0.5, 0.6) is 0 Å². The molecule has 0 heterocycles. The lowest BCUT2D eigenvalue weighted by atomic mass is 10.1. The molecule has 0 saturated heterocycles. The fourth-order valence-corrected chi connectivity index (χ4v) is 4.19. The Kier molecular flexibility index (Phi) is 14.9. The molecule has 2 rings (SSSR count). The Morgan fingerprint density at radius 1 is 0.930 bits per heavy atom. The van der Waals surface area contributed by atoms with E-state index in [0.29, 0.717) is 48.1 Å². The Morgan fingerprint density at radius 3 is 2.12 bits per heavy atom. The van der Waals surface area contributed by atoms with Gasteiger partial charge >= 0.3 is 13.8 Å². The average molecular weight is 623 g/mol. The summed E-state index contributed by atoms with van der Waals surface area (Å²) in [5.41, 5.74) is 2.95. The molecule has 0 aromatic heterocycles. The number of phosphoric ester groups is 1. The molecule has 13 nitrogen and oxygen atoms in total. The number of nitrogens with zero attached hydrogens (tertiary/aromatic N) is 4. The fraction of sp³-hybridized carbons (Fsp3) is 0.517. The number of ether oxygens (including phenoxy) is 1. The first-order valence-electron chi connectivity index (χ1n) is 14.1. The number of aliphatic hydroxyl groups excluding tert-OH is 1. The number of phosphoric acid groups is 1. The predicted molar refractivity (Wildman–Crippen MR) is 164 cm³/mol. The number of unbranched alkanes of at least 4 members (excludes halogenated alkanes) is 2. The van der Waals surface area contributed by atoms with E-state index in [1.807, 2.05) is 64.4 Å². The highest BCUT2D eigenvalue weighted by atomic mass is 31.2. The van der Waals surface area contributed by atoms with Crippen LogP contribution in [0.3, 0.4) is 0 Å². The number of benzene rings is 2. The molecular formula is C29H45N5O8P+. The number of quaternary nitrogens is 1. The lowest BCUT2D eigenvalue weighted by molar-refractivity contribution is -0.870. The van der Waals surface area contributed by atoms with Gasteiger partial charge in [0.2, 0.25) is 0 Å². The molecule has 0 radical (unpaired) electrons. The highest BCUT2D eigenvalue weighted by molar-refractivity contribution is 7.47. The molecule has 3 N–H and O–H groups in total. The van der Waals surface area contributed by atoms with E-state index in [1.54, 1.807) is 24.3 Å². The molecule has 0 fully saturated rings. The lowest BCUT2D eigenvalue weighted by Gasteiger charge is -2.24. The molecule has 1 amide bonds. The number of hydrogen-bond acceptors (Lipinski definition) is 10. The zero-order valence-electron chi connectivity index (χ0n) is 25.6. The van der Waals surface area contributed by atoms with E-state index in [9.17, 15) is 24.2 Å². The highest BCUT2D eigenvalue weighted by Gasteiger charge is 2.24. The first-order valence-corrected chi connectivity index (χ1v) is 15.6. The van der Waals surface area contributed by atoms with Crippen LogP contribution in [-0.2, 0) is 23.1 Å². The van der Waals surface area contributed by atoms with Crippen molar-refractivity contribution in [2.45, 2.75) is 31.8 Å². The van der Waals surface area contributed by atoms with Gasteiger partial charge in [-0.05, 0) is 61.4 Å². The summed E-state index contributed by atoms with van der Waals surface area (Å²) in [6.45, 7) is 0.0886. The maximum absolute atomic E-state index is 12.4. The van der Waals surface area contributed by atoms with E-state index in [-0.39, 0.29) is 25.5 Å². The maximum atomic E-state index is 12.4. The van der Waals surface area contributed by atoms with Crippen LogP contribution in [0.4, 0.5) is 17.1 Å². The molecule has 0 bridgehead atoms. The minimum absolute atomic E-state index is 0.0146. The van der Waals surface area contributed by atoms with Gasteiger partial charge in [-0.2, -0.15) is 10.2 Å². The Hall–Kier alpha value is -3.19. The van der Waals surface area contributed by atoms with E-state index in [0.717, 1.165) is 11.4 Å². The fourth-order valence-electron chi connectivity index (χ4n) is 3.44. The monoisotopic (exact) mass is 622 g/mol. The second-order valence-electron chi connectivity index (χ2n) is 11.2. The molecule has 1 unspecified atom stereocenters. The first kappa shape index (κ1) is 36.0. The van der Waals surface area contributed by atoms with Crippen molar-refractivity contribution < 1.29 is 42.4 Å². The summed E-state index contributed by atoms with van der Waals surface area (Å²) in [7, 11) is 5.36. The number of anilines is 1. The van der Waals surface area contributed by atoms with E-state index in [2.05, 4.69) is 15.5 Å². The molecule has 0 spiro atoms. The lowest BCUT2D eigenvalue weighted by Crippen LogP contribution is -2.37. The third-order valence-electron chi connectivity index (χ3n) is 6.00. The van der Waals surface area contributed by atoms with Crippen molar-refractivity contribution in [2.75, 3.05) is 73.0 Å². The number of likely N-dealkylation sites (N-methyl/N-ethyl adjacent to an activating group) is 1. The third kappa shape index (κ3) is 15.7.